The van der Waals surface area contributed by atoms with E-state index < -0.39 is 0 Å². The predicted molar refractivity (Wildman–Crippen MR) is 54.3 cm³/mol. The van der Waals surface area contributed by atoms with Gasteiger partial charge in [-0.3, -0.25) is 4.98 Å². The van der Waals surface area contributed by atoms with Crippen LogP contribution >= 0.6 is 0 Å². The molecule has 0 unspecified atom stereocenters. The minimum Gasteiger partial charge on any atom is -0.392 e. The third-order valence-electron chi connectivity index (χ3n) is 1.94. The van der Waals surface area contributed by atoms with Crippen LogP contribution < -0.4 is 0 Å². The van der Waals surface area contributed by atoms with E-state index in [1.165, 1.54) is 0 Å². The van der Waals surface area contributed by atoms with Crippen molar-refractivity contribution in [1.29, 1.82) is 0 Å². The summed E-state index contributed by atoms with van der Waals surface area (Å²) in [5, 5.41) is 8.95. The van der Waals surface area contributed by atoms with Gasteiger partial charge in [0.25, 0.3) is 0 Å². The molecule has 0 spiro atoms. The van der Waals surface area contributed by atoms with Crippen molar-refractivity contribution in [3.05, 3.63) is 35.2 Å². The van der Waals surface area contributed by atoms with Crippen LogP contribution in [0.1, 0.15) is 24.6 Å². The van der Waals surface area contributed by atoms with Crippen LogP contribution in [0.4, 0.5) is 0 Å². The first-order chi connectivity index (χ1) is 6.26. The molecule has 0 aliphatic heterocycles. The van der Waals surface area contributed by atoms with Crippen LogP contribution in [-0.4, -0.2) is 16.7 Å². The summed E-state index contributed by atoms with van der Waals surface area (Å²) in [6.07, 6.45) is 4.63. The van der Waals surface area contributed by atoms with Gasteiger partial charge in [0.1, 0.15) is 0 Å². The van der Waals surface area contributed by atoms with Gasteiger partial charge in [-0.05, 0) is 36.6 Å². The van der Waals surface area contributed by atoms with Gasteiger partial charge in [0, 0.05) is 6.20 Å². The maximum absolute atomic E-state index is 8.95. The lowest BCUT2D eigenvalue weighted by Gasteiger charge is -1.99. The summed E-state index contributed by atoms with van der Waals surface area (Å²) in [5.41, 5.74) is 3.08. The Kier molecular flexibility index (Phi) is 3.65. The lowest BCUT2D eigenvalue weighted by Crippen LogP contribution is -1.89. The smallest absolute Gasteiger partial charge is 0.0645 e. The number of pyridine rings is 1. The molecule has 0 radical (unpaired) electrons. The minimum atomic E-state index is 0.117. The molecule has 1 heterocycles. The number of aromatic nitrogens is 1. The van der Waals surface area contributed by atoms with Crippen molar-refractivity contribution in [2.75, 3.05) is 6.61 Å². The summed E-state index contributed by atoms with van der Waals surface area (Å²) >= 11 is 0. The molecule has 0 saturated heterocycles. The Morgan fingerprint density at radius 2 is 2.31 bits per heavy atom. The Morgan fingerprint density at radius 3 is 2.77 bits per heavy atom. The van der Waals surface area contributed by atoms with Gasteiger partial charge in [-0.25, -0.2) is 0 Å². The average molecular weight is 177 g/mol. The van der Waals surface area contributed by atoms with Crippen LogP contribution in [0.3, 0.4) is 0 Å². The van der Waals surface area contributed by atoms with E-state index in [-0.39, 0.29) is 6.61 Å². The van der Waals surface area contributed by atoms with E-state index in [2.05, 4.69) is 4.98 Å². The fraction of sp³-hybridized carbons (Fsp3) is 0.364. The van der Waals surface area contributed by atoms with Crippen molar-refractivity contribution in [1.82, 2.24) is 4.98 Å². The zero-order chi connectivity index (χ0) is 9.68. The highest BCUT2D eigenvalue weighted by molar-refractivity contribution is 5.48. The fourth-order valence-electron chi connectivity index (χ4n) is 1.03. The predicted octanol–water partition coefficient (Wildman–Crippen LogP) is 2.18. The molecule has 0 aliphatic rings. The third kappa shape index (κ3) is 2.99. The first-order valence-electron chi connectivity index (χ1n) is 4.49. The lowest BCUT2D eigenvalue weighted by molar-refractivity contribution is 0.329. The van der Waals surface area contributed by atoms with E-state index in [0.29, 0.717) is 0 Å². The molecular formula is C11H15NO. The largest absolute Gasteiger partial charge is 0.392 e. The number of rotatable bonds is 3. The van der Waals surface area contributed by atoms with Crippen LogP contribution in [0, 0.1) is 6.92 Å². The molecule has 0 aliphatic carbocycles. The summed E-state index contributed by atoms with van der Waals surface area (Å²) in [6.45, 7) is 4.15. The Morgan fingerprint density at radius 1 is 1.54 bits per heavy atom. The van der Waals surface area contributed by atoms with E-state index in [0.717, 1.165) is 23.3 Å². The summed E-state index contributed by atoms with van der Waals surface area (Å²) in [4.78, 5) is 4.23. The molecule has 0 fully saturated rings. The third-order valence-corrected chi connectivity index (χ3v) is 1.94. The molecule has 0 saturated carbocycles. The molecule has 0 atom stereocenters. The highest BCUT2D eigenvalue weighted by Crippen LogP contribution is 2.07. The van der Waals surface area contributed by atoms with Crippen molar-refractivity contribution in [3.8, 4) is 0 Å². The van der Waals surface area contributed by atoms with Gasteiger partial charge in [-0.2, -0.15) is 0 Å². The molecule has 70 valence electrons. The van der Waals surface area contributed by atoms with E-state index in [1.807, 2.05) is 38.3 Å². The van der Waals surface area contributed by atoms with E-state index >= 15 is 0 Å². The highest BCUT2D eigenvalue weighted by atomic mass is 16.3. The van der Waals surface area contributed by atoms with Gasteiger partial charge in [0.2, 0.25) is 0 Å². The highest BCUT2D eigenvalue weighted by Gasteiger charge is 1.93. The Hall–Kier alpha value is -1.15. The van der Waals surface area contributed by atoms with Crippen molar-refractivity contribution in [2.24, 2.45) is 0 Å². The number of nitrogens with zero attached hydrogens (tertiary/aromatic N) is 1. The van der Waals surface area contributed by atoms with Gasteiger partial charge in [0.15, 0.2) is 0 Å². The maximum Gasteiger partial charge on any atom is 0.0645 e. The molecule has 1 aromatic rings. The number of aryl methyl sites for hydroxylation is 1. The lowest BCUT2D eigenvalue weighted by atomic mass is 10.1. The summed E-state index contributed by atoms with van der Waals surface area (Å²) in [5.74, 6) is 0. The van der Waals surface area contributed by atoms with E-state index in [9.17, 15) is 0 Å². The minimum absolute atomic E-state index is 0.117. The normalized spacial score (nSPS) is 11.8. The van der Waals surface area contributed by atoms with Crippen molar-refractivity contribution in [3.63, 3.8) is 0 Å². The standard InChI is InChI=1S/C11H15NO/c1-3-10(8-13)6-11-5-4-9(2)7-12-11/h4-7,13H,3,8H2,1-2H3/b10-6-. The Balaban J connectivity index is 2.84. The number of hydrogen-bond donors (Lipinski definition) is 1. The van der Waals surface area contributed by atoms with Crippen molar-refractivity contribution in [2.45, 2.75) is 20.3 Å². The number of aliphatic hydroxyl groups excluding tert-OH is 1. The fourth-order valence-corrected chi connectivity index (χ4v) is 1.03. The summed E-state index contributed by atoms with van der Waals surface area (Å²) in [7, 11) is 0. The first-order valence-corrected chi connectivity index (χ1v) is 4.49. The van der Waals surface area contributed by atoms with E-state index in [1.54, 1.807) is 0 Å². The molecule has 2 nitrogen and oxygen atoms in total. The monoisotopic (exact) mass is 177 g/mol. The topological polar surface area (TPSA) is 33.1 Å². The quantitative estimate of drug-likeness (QED) is 0.767. The van der Waals surface area contributed by atoms with Crippen LogP contribution in [0.5, 0.6) is 0 Å². The van der Waals surface area contributed by atoms with Crippen LogP contribution in [-0.2, 0) is 0 Å². The second kappa shape index (κ2) is 4.77. The van der Waals surface area contributed by atoms with Gasteiger partial charge in [0.05, 0.1) is 12.3 Å². The SMILES string of the molecule is CC/C(=C/c1ccc(C)cn1)CO. The molecule has 13 heavy (non-hydrogen) atoms. The summed E-state index contributed by atoms with van der Waals surface area (Å²) < 4.78 is 0. The van der Waals surface area contributed by atoms with E-state index in [4.69, 9.17) is 5.11 Å². The molecule has 0 aromatic carbocycles. The molecule has 1 N–H and O–H groups in total. The molecular weight excluding hydrogens is 162 g/mol. The molecule has 1 rings (SSSR count). The van der Waals surface area contributed by atoms with Gasteiger partial charge in [-0.1, -0.05) is 13.0 Å². The second-order valence-corrected chi connectivity index (χ2v) is 3.07. The summed E-state index contributed by atoms with van der Waals surface area (Å²) in [6, 6.07) is 3.98. The zero-order valence-electron chi connectivity index (χ0n) is 8.12. The van der Waals surface area contributed by atoms with Crippen molar-refractivity contribution >= 4 is 6.08 Å². The Bertz CT molecular complexity index is 281. The van der Waals surface area contributed by atoms with Gasteiger partial charge < -0.3 is 5.11 Å². The number of hydrogen-bond acceptors (Lipinski definition) is 2. The zero-order valence-corrected chi connectivity index (χ0v) is 8.12. The van der Waals surface area contributed by atoms with Crippen molar-refractivity contribution < 1.29 is 5.11 Å². The molecule has 0 amide bonds. The van der Waals surface area contributed by atoms with Crippen LogP contribution in [0.2, 0.25) is 0 Å². The van der Waals surface area contributed by atoms with Crippen LogP contribution in [0.15, 0.2) is 23.9 Å². The Labute approximate surface area is 78.9 Å². The van der Waals surface area contributed by atoms with Gasteiger partial charge in [-0.15, -0.1) is 0 Å². The van der Waals surface area contributed by atoms with Crippen LogP contribution in [0.25, 0.3) is 6.08 Å². The van der Waals surface area contributed by atoms with Gasteiger partial charge >= 0.3 is 0 Å². The average Bonchev–Trinajstić information content (AvgIpc) is 2.17. The molecule has 2 heteroatoms. The first kappa shape index (κ1) is 9.93. The molecule has 1 aromatic heterocycles. The maximum atomic E-state index is 8.95. The number of aliphatic hydroxyl groups is 1. The molecule has 0 bridgehead atoms. The second-order valence-electron chi connectivity index (χ2n) is 3.07.